The van der Waals surface area contributed by atoms with E-state index in [0.29, 0.717) is 47.7 Å². The standard InChI is InChI=1S/C45H51FN6O9S/c1-26-14-16-27(17-15-26)38-48-36-32-22-29(46)18-19-35(32)61-37(36)40(49-38)59-31-23-34-39(53)50-45(42(55)51-62(57,58)44(2)20-21-44)24-28(45)10-6-4-3-5-7-13-33(41(54)52(34)25-31)47-43(56)60-30-11-8-9-12-30/h6,10,14-19,22,28,30-31,33-34H,3-5,7-9,11-13,20-21,23-25H2,1-2H3,(H,47,56)(H,50,53)(H,51,55)/b10-6-/t28-,31-,33+,34+,45-/m1/s1. The molecule has 9 rings (SSSR count). The average molecular weight is 871 g/mol. The number of nitrogens with one attached hydrogen (secondary N) is 3. The van der Waals surface area contributed by atoms with Crippen molar-refractivity contribution in [2.45, 2.75) is 132 Å². The molecule has 3 saturated carbocycles. The number of furan rings is 1. The number of carbonyl (C=O) groups is 4. The van der Waals surface area contributed by atoms with Crippen LogP contribution in [0.25, 0.3) is 33.5 Å². The van der Waals surface area contributed by atoms with E-state index in [-0.39, 0.29) is 49.2 Å². The van der Waals surface area contributed by atoms with Gasteiger partial charge in [-0.25, -0.2) is 22.6 Å². The normalized spacial score (nSPS) is 27.0. The van der Waals surface area contributed by atoms with Gasteiger partial charge in [-0.15, -0.1) is 0 Å². The second-order valence-corrected chi connectivity index (χ2v) is 20.0. The zero-order chi connectivity index (χ0) is 43.4. The van der Waals surface area contributed by atoms with E-state index < -0.39 is 74.0 Å². The third-order valence-corrected chi connectivity index (χ3v) is 15.3. The van der Waals surface area contributed by atoms with Crippen LogP contribution in [0, 0.1) is 18.7 Å². The van der Waals surface area contributed by atoms with Crippen LogP contribution in [0.2, 0.25) is 0 Å². The molecular weight excluding hydrogens is 820 g/mol. The molecule has 62 heavy (non-hydrogen) atoms. The molecule has 17 heteroatoms. The molecule has 2 aromatic carbocycles. The first-order valence-corrected chi connectivity index (χ1v) is 23.2. The minimum atomic E-state index is -4.04. The first kappa shape index (κ1) is 41.8. The van der Waals surface area contributed by atoms with E-state index >= 15 is 0 Å². The lowest BCUT2D eigenvalue weighted by molar-refractivity contribution is -0.141. The van der Waals surface area contributed by atoms with Crippen molar-refractivity contribution in [3.63, 3.8) is 0 Å². The van der Waals surface area contributed by atoms with E-state index in [0.717, 1.165) is 44.1 Å². The summed E-state index contributed by atoms with van der Waals surface area (Å²) in [5, 5.41) is 6.10. The monoisotopic (exact) mass is 870 g/mol. The fraction of sp³-hybridized carbons (Fsp3) is 0.511. The molecule has 328 valence electrons. The molecular formula is C45H51FN6O9S. The van der Waals surface area contributed by atoms with Crippen LogP contribution in [0.4, 0.5) is 9.18 Å². The zero-order valence-corrected chi connectivity index (χ0v) is 35.6. The SMILES string of the molecule is Cc1ccc(-c2nc(O[C@@H]3C[C@H]4C(=O)N[C@]5(C(=O)NS(=O)(=O)C6(C)CC6)C[C@H]5/C=C\CCCCC[C@H](NC(=O)OC5CCCC5)C(=O)N4C3)c3oc4ccc(F)cc4c3n2)cc1. The van der Waals surface area contributed by atoms with Crippen molar-refractivity contribution in [3.8, 4) is 17.3 Å². The maximum absolute atomic E-state index is 14.8. The molecule has 3 aliphatic carbocycles. The molecule has 4 heterocycles. The number of hydrogen-bond donors (Lipinski definition) is 3. The van der Waals surface area contributed by atoms with Crippen molar-refractivity contribution in [3.05, 3.63) is 66.0 Å². The molecule has 4 amide bonds. The lowest BCUT2D eigenvalue weighted by Crippen LogP contribution is -2.58. The molecule has 2 aliphatic heterocycles. The number of rotatable bonds is 8. The van der Waals surface area contributed by atoms with Crippen LogP contribution in [-0.4, -0.2) is 88.2 Å². The molecule has 0 radical (unpaired) electrons. The molecule has 5 atom stereocenters. The number of aromatic nitrogens is 2. The van der Waals surface area contributed by atoms with E-state index in [1.54, 1.807) is 6.92 Å². The minimum absolute atomic E-state index is 0.0135. The molecule has 0 unspecified atom stereocenters. The number of halogens is 1. The molecule has 0 bridgehead atoms. The van der Waals surface area contributed by atoms with E-state index in [4.69, 9.17) is 23.9 Å². The summed E-state index contributed by atoms with van der Waals surface area (Å²) in [4.78, 5) is 67.6. The van der Waals surface area contributed by atoms with Crippen molar-refractivity contribution in [1.29, 1.82) is 0 Å². The Morgan fingerprint density at radius 2 is 1.74 bits per heavy atom. The number of amides is 4. The Kier molecular flexibility index (Phi) is 11.0. The lowest BCUT2D eigenvalue weighted by Gasteiger charge is -2.30. The summed E-state index contributed by atoms with van der Waals surface area (Å²) >= 11 is 0. The summed E-state index contributed by atoms with van der Waals surface area (Å²) in [6.45, 7) is 3.41. The highest BCUT2D eigenvalue weighted by Gasteiger charge is 2.63. The van der Waals surface area contributed by atoms with Crippen LogP contribution >= 0.6 is 0 Å². The van der Waals surface area contributed by atoms with Gasteiger partial charge in [0.15, 0.2) is 5.82 Å². The highest BCUT2D eigenvalue weighted by Crippen LogP contribution is 2.48. The van der Waals surface area contributed by atoms with Crippen molar-refractivity contribution >= 4 is 55.9 Å². The van der Waals surface area contributed by atoms with Gasteiger partial charge in [0.05, 0.1) is 11.3 Å². The van der Waals surface area contributed by atoms with Gasteiger partial charge in [0.1, 0.15) is 46.7 Å². The third-order valence-electron chi connectivity index (χ3n) is 13.2. The van der Waals surface area contributed by atoms with Gasteiger partial charge in [0.25, 0.3) is 11.8 Å². The number of carbonyl (C=O) groups excluding carboxylic acids is 4. The predicted molar refractivity (Wildman–Crippen MR) is 226 cm³/mol. The number of benzene rings is 2. The average Bonchev–Trinajstić information content (AvgIpc) is 3.91. The van der Waals surface area contributed by atoms with Crippen molar-refractivity contribution < 1.29 is 45.9 Å². The Hall–Kier alpha value is -5.58. The maximum Gasteiger partial charge on any atom is 0.408 e. The van der Waals surface area contributed by atoms with Gasteiger partial charge >= 0.3 is 6.09 Å². The van der Waals surface area contributed by atoms with Gasteiger partial charge in [-0.2, -0.15) is 4.98 Å². The lowest BCUT2D eigenvalue weighted by atomic mass is 10.0. The Morgan fingerprint density at radius 3 is 2.50 bits per heavy atom. The molecule has 4 aromatic rings. The van der Waals surface area contributed by atoms with Crippen molar-refractivity contribution in [1.82, 2.24) is 30.2 Å². The van der Waals surface area contributed by atoms with Crippen LogP contribution in [0.3, 0.4) is 0 Å². The zero-order valence-electron chi connectivity index (χ0n) is 34.8. The first-order valence-electron chi connectivity index (χ1n) is 21.7. The first-order chi connectivity index (χ1) is 29.7. The summed E-state index contributed by atoms with van der Waals surface area (Å²) in [7, 11) is -4.04. The van der Waals surface area contributed by atoms with Gasteiger partial charge in [-0.3, -0.25) is 19.1 Å². The van der Waals surface area contributed by atoms with Crippen LogP contribution in [0.15, 0.2) is 59.0 Å². The molecule has 15 nitrogen and oxygen atoms in total. The molecule has 3 N–H and O–H groups in total. The third kappa shape index (κ3) is 8.22. The largest absolute Gasteiger partial charge is 0.470 e. The van der Waals surface area contributed by atoms with E-state index in [1.165, 1.54) is 23.1 Å². The van der Waals surface area contributed by atoms with Crippen LogP contribution < -0.4 is 20.1 Å². The highest BCUT2D eigenvalue weighted by molar-refractivity contribution is 7.91. The number of fused-ring (bicyclic) bond motifs is 5. The number of sulfonamides is 1. The Balaban J connectivity index is 1.06. The summed E-state index contributed by atoms with van der Waals surface area (Å²) < 4.78 is 60.8. The summed E-state index contributed by atoms with van der Waals surface area (Å²) in [5.74, 6) is -2.72. The fourth-order valence-electron chi connectivity index (χ4n) is 8.94. The number of nitrogens with zero attached hydrogens (tertiary/aromatic N) is 3. The Labute approximate surface area is 358 Å². The molecule has 4 fully saturated rings. The second-order valence-electron chi connectivity index (χ2n) is 17.9. The summed E-state index contributed by atoms with van der Waals surface area (Å²) in [5.41, 5.74) is 0.906. The maximum atomic E-state index is 14.8. The second kappa shape index (κ2) is 16.3. The van der Waals surface area contributed by atoms with E-state index in [9.17, 15) is 32.0 Å². The smallest absolute Gasteiger partial charge is 0.408 e. The molecule has 5 aliphatic rings. The van der Waals surface area contributed by atoms with E-state index in [1.807, 2.05) is 43.3 Å². The topological polar surface area (TPSA) is 199 Å². The van der Waals surface area contributed by atoms with E-state index in [2.05, 4.69) is 15.4 Å². The van der Waals surface area contributed by atoms with Gasteiger partial charge in [-0.1, -0.05) is 54.8 Å². The van der Waals surface area contributed by atoms with Crippen LogP contribution in [-0.2, 0) is 29.1 Å². The highest BCUT2D eigenvalue weighted by atomic mass is 32.2. The number of aryl methyl sites for hydroxylation is 1. The Bertz CT molecular complexity index is 2570. The number of alkyl carbamates (subject to hydrolysis) is 1. The Morgan fingerprint density at radius 1 is 0.984 bits per heavy atom. The number of ether oxygens (including phenoxy) is 2. The van der Waals surface area contributed by atoms with Crippen molar-refractivity contribution in [2.24, 2.45) is 5.92 Å². The minimum Gasteiger partial charge on any atom is -0.470 e. The molecule has 2 aromatic heterocycles. The van der Waals surface area contributed by atoms with Gasteiger partial charge in [0.2, 0.25) is 27.4 Å². The summed E-state index contributed by atoms with van der Waals surface area (Å²) in [6, 6.07) is 9.35. The number of allylic oxidation sites excluding steroid dienone is 1. The molecule has 1 saturated heterocycles. The number of hydrogen-bond acceptors (Lipinski definition) is 11. The van der Waals surface area contributed by atoms with Gasteiger partial charge in [-0.05, 0) is 96.3 Å². The van der Waals surface area contributed by atoms with Gasteiger partial charge < -0.3 is 29.4 Å². The quantitative estimate of drug-likeness (QED) is 0.169. The van der Waals surface area contributed by atoms with Gasteiger partial charge in [0, 0.05) is 23.3 Å². The van der Waals surface area contributed by atoms with Crippen LogP contribution in [0.1, 0.15) is 96.0 Å². The predicted octanol–water partition coefficient (Wildman–Crippen LogP) is 6.27. The summed E-state index contributed by atoms with van der Waals surface area (Å²) in [6.07, 6.45) is 9.33. The van der Waals surface area contributed by atoms with Crippen LogP contribution in [0.5, 0.6) is 5.88 Å². The van der Waals surface area contributed by atoms with Crippen molar-refractivity contribution in [2.75, 3.05) is 6.54 Å². The fourth-order valence-corrected chi connectivity index (χ4v) is 10.3. The molecule has 0 spiro atoms.